The topological polar surface area (TPSA) is 69.9 Å². The molecule has 0 radical (unpaired) electrons. The third-order valence-corrected chi connectivity index (χ3v) is 2.88. The van der Waals surface area contributed by atoms with Gasteiger partial charge in [-0.3, -0.25) is 0 Å². The van der Waals surface area contributed by atoms with Crippen LogP contribution in [0.3, 0.4) is 0 Å². The van der Waals surface area contributed by atoms with Gasteiger partial charge in [0.25, 0.3) is 0 Å². The van der Waals surface area contributed by atoms with E-state index in [1.807, 2.05) is 19.1 Å². The van der Waals surface area contributed by atoms with Gasteiger partial charge in [0.1, 0.15) is 0 Å². The zero-order valence-electron chi connectivity index (χ0n) is 11.6. The highest BCUT2D eigenvalue weighted by Crippen LogP contribution is 2.11. The van der Waals surface area contributed by atoms with Crippen molar-refractivity contribution in [3.05, 3.63) is 46.8 Å². The zero-order chi connectivity index (χ0) is 15.1. The average molecular weight is 307 g/mol. The van der Waals surface area contributed by atoms with Crippen molar-refractivity contribution in [1.82, 2.24) is 20.2 Å². The summed E-state index contributed by atoms with van der Waals surface area (Å²) >= 11 is 5.86. The molecule has 0 aliphatic heterocycles. The van der Waals surface area contributed by atoms with Gasteiger partial charge >= 0.3 is 5.97 Å². The second-order valence-electron chi connectivity index (χ2n) is 4.31. The molecule has 7 heteroatoms. The van der Waals surface area contributed by atoms with Crippen molar-refractivity contribution >= 4 is 23.6 Å². The summed E-state index contributed by atoms with van der Waals surface area (Å²) in [5, 5.41) is 11.8. The molecule has 1 aromatic heterocycles. The van der Waals surface area contributed by atoms with Gasteiger partial charge in [0.2, 0.25) is 0 Å². The molecule has 2 rings (SSSR count). The summed E-state index contributed by atoms with van der Waals surface area (Å²) in [6.45, 7) is 2.76. The smallest absolute Gasteiger partial charge is 0.331 e. The Morgan fingerprint density at radius 1 is 1.48 bits per heavy atom. The van der Waals surface area contributed by atoms with E-state index >= 15 is 0 Å². The van der Waals surface area contributed by atoms with Gasteiger partial charge in [-0.15, -0.1) is 5.10 Å². The van der Waals surface area contributed by atoms with E-state index in [1.165, 1.54) is 6.08 Å². The predicted molar refractivity (Wildman–Crippen MR) is 78.4 cm³/mol. The van der Waals surface area contributed by atoms with E-state index in [4.69, 9.17) is 16.3 Å². The van der Waals surface area contributed by atoms with Crippen molar-refractivity contribution in [2.24, 2.45) is 0 Å². The first-order valence-corrected chi connectivity index (χ1v) is 6.92. The molecule has 110 valence electrons. The van der Waals surface area contributed by atoms with Crippen LogP contribution in [0.1, 0.15) is 24.7 Å². The van der Waals surface area contributed by atoms with Gasteiger partial charge in [-0.1, -0.05) is 30.7 Å². The van der Waals surface area contributed by atoms with Crippen molar-refractivity contribution < 1.29 is 9.53 Å². The van der Waals surface area contributed by atoms with Crippen molar-refractivity contribution in [2.75, 3.05) is 0 Å². The van der Waals surface area contributed by atoms with Crippen LogP contribution < -0.4 is 0 Å². The van der Waals surface area contributed by atoms with E-state index in [0.29, 0.717) is 17.4 Å². The first-order chi connectivity index (χ1) is 10.2. The molecule has 21 heavy (non-hydrogen) atoms. The monoisotopic (exact) mass is 306 g/mol. The number of rotatable bonds is 6. The van der Waals surface area contributed by atoms with Crippen LogP contribution in [0.5, 0.6) is 0 Å². The van der Waals surface area contributed by atoms with Crippen molar-refractivity contribution in [3.63, 3.8) is 0 Å². The molecule has 1 heterocycles. The van der Waals surface area contributed by atoms with E-state index in [-0.39, 0.29) is 6.61 Å². The van der Waals surface area contributed by atoms with E-state index < -0.39 is 5.97 Å². The summed E-state index contributed by atoms with van der Waals surface area (Å²) in [6, 6.07) is 7.18. The van der Waals surface area contributed by atoms with Crippen LogP contribution in [0.25, 0.3) is 6.08 Å². The number of hydrogen-bond donors (Lipinski definition) is 0. The zero-order valence-corrected chi connectivity index (χ0v) is 12.3. The number of esters is 1. The van der Waals surface area contributed by atoms with Crippen molar-refractivity contribution in [1.29, 1.82) is 0 Å². The maximum atomic E-state index is 11.6. The second kappa shape index (κ2) is 7.54. The van der Waals surface area contributed by atoms with Crippen LogP contribution in [0.2, 0.25) is 5.02 Å². The second-order valence-corrected chi connectivity index (χ2v) is 4.75. The Kier molecular flexibility index (Phi) is 5.45. The summed E-state index contributed by atoms with van der Waals surface area (Å²) in [5.41, 5.74) is 0.829. The molecule has 0 aliphatic carbocycles. The third-order valence-electron chi connectivity index (χ3n) is 2.65. The lowest BCUT2D eigenvalue weighted by molar-refractivity contribution is -0.139. The van der Waals surface area contributed by atoms with Gasteiger partial charge in [-0.2, -0.15) is 0 Å². The first kappa shape index (κ1) is 15.2. The summed E-state index contributed by atoms with van der Waals surface area (Å²) in [5.74, 6) is 0.0716. The van der Waals surface area contributed by atoms with Crippen LogP contribution in [0, 0.1) is 0 Å². The summed E-state index contributed by atoms with van der Waals surface area (Å²) in [6.07, 6.45) is 3.89. The van der Waals surface area contributed by atoms with Crippen LogP contribution in [0.4, 0.5) is 0 Å². The highest BCUT2D eigenvalue weighted by Gasteiger charge is 2.07. The highest BCUT2D eigenvalue weighted by molar-refractivity contribution is 6.30. The van der Waals surface area contributed by atoms with Crippen LogP contribution in [0.15, 0.2) is 30.3 Å². The molecule has 0 saturated carbocycles. The number of tetrazole rings is 1. The average Bonchev–Trinajstić information content (AvgIpc) is 2.91. The number of hydrogen-bond acceptors (Lipinski definition) is 5. The lowest BCUT2D eigenvalue weighted by Gasteiger charge is -2.02. The molecule has 0 fully saturated rings. The van der Waals surface area contributed by atoms with Crippen LogP contribution in [-0.4, -0.2) is 26.2 Å². The fourth-order valence-electron chi connectivity index (χ4n) is 1.67. The molecule has 0 saturated heterocycles. The van der Waals surface area contributed by atoms with Gasteiger partial charge in [0, 0.05) is 17.6 Å². The molecule has 0 N–H and O–H groups in total. The lowest BCUT2D eigenvalue weighted by Crippen LogP contribution is -2.09. The molecule has 2 aromatic rings. The Balaban J connectivity index is 1.88. The number of nitrogens with zero attached hydrogens (tertiary/aromatic N) is 4. The minimum atomic E-state index is -0.457. The van der Waals surface area contributed by atoms with Gasteiger partial charge in [-0.25, -0.2) is 9.48 Å². The number of carbonyl (C=O) groups is 1. The molecule has 0 unspecified atom stereocenters. The molecule has 0 atom stereocenters. The summed E-state index contributed by atoms with van der Waals surface area (Å²) in [7, 11) is 0. The Bertz CT molecular complexity index is 639. The van der Waals surface area contributed by atoms with Crippen LogP contribution >= 0.6 is 11.6 Å². The van der Waals surface area contributed by atoms with Gasteiger partial charge in [0.15, 0.2) is 12.4 Å². The largest absolute Gasteiger partial charge is 0.454 e. The number of halogens is 1. The molecule has 0 spiro atoms. The maximum absolute atomic E-state index is 11.6. The van der Waals surface area contributed by atoms with E-state index in [0.717, 1.165) is 12.0 Å². The minimum Gasteiger partial charge on any atom is -0.454 e. The van der Waals surface area contributed by atoms with E-state index in [1.54, 1.807) is 22.9 Å². The SMILES string of the molecule is CCCn1nnnc1COC(=O)/C=C/c1cccc(Cl)c1. The molecular weight excluding hydrogens is 292 g/mol. The lowest BCUT2D eigenvalue weighted by atomic mass is 10.2. The molecule has 1 aromatic carbocycles. The van der Waals surface area contributed by atoms with Crippen LogP contribution in [-0.2, 0) is 22.7 Å². The fourth-order valence-corrected chi connectivity index (χ4v) is 1.87. The summed E-state index contributed by atoms with van der Waals surface area (Å²) < 4.78 is 6.72. The number of carbonyl (C=O) groups excluding carboxylic acids is 1. The Labute approximate surface area is 127 Å². The van der Waals surface area contributed by atoms with Gasteiger partial charge in [0.05, 0.1) is 0 Å². The molecule has 0 bridgehead atoms. The normalized spacial score (nSPS) is 11.0. The highest BCUT2D eigenvalue weighted by atomic mass is 35.5. The summed E-state index contributed by atoms with van der Waals surface area (Å²) in [4.78, 5) is 11.6. The molecule has 6 nitrogen and oxygen atoms in total. The number of benzene rings is 1. The number of aryl methyl sites for hydroxylation is 1. The third kappa shape index (κ3) is 4.68. The molecular formula is C14H15ClN4O2. The molecule has 0 aliphatic rings. The quantitative estimate of drug-likeness (QED) is 0.606. The minimum absolute atomic E-state index is 0.0473. The maximum Gasteiger partial charge on any atom is 0.331 e. The molecule has 0 amide bonds. The van der Waals surface area contributed by atoms with Crippen molar-refractivity contribution in [3.8, 4) is 0 Å². The number of ether oxygens (including phenoxy) is 1. The standard InChI is InChI=1S/C14H15ClN4O2/c1-2-8-19-13(16-17-18-19)10-21-14(20)7-6-11-4-3-5-12(15)9-11/h3-7,9H,2,8,10H2,1H3/b7-6+. The Morgan fingerprint density at radius 3 is 3.10 bits per heavy atom. The van der Waals surface area contributed by atoms with E-state index in [9.17, 15) is 4.79 Å². The Morgan fingerprint density at radius 2 is 2.33 bits per heavy atom. The van der Waals surface area contributed by atoms with E-state index in [2.05, 4.69) is 15.5 Å². The van der Waals surface area contributed by atoms with Gasteiger partial charge in [-0.05, 0) is 40.6 Å². The fraction of sp³-hybridized carbons (Fsp3) is 0.286. The Hall–Kier alpha value is -2.21. The number of aromatic nitrogens is 4. The van der Waals surface area contributed by atoms with Crippen molar-refractivity contribution in [2.45, 2.75) is 26.5 Å². The van der Waals surface area contributed by atoms with Gasteiger partial charge < -0.3 is 4.74 Å². The predicted octanol–water partition coefficient (Wildman–Crippen LogP) is 2.49. The first-order valence-electron chi connectivity index (χ1n) is 6.54.